The zero-order chi connectivity index (χ0) is 9.14. The zero-order valence-corrected chi connectivity index (χ0v) is 7.83. The van der Waals surface area contributed by atoms with Gasteiger partial charge < -0.3 is 5.73 Å². The van der Waals surface area contributed by atoms with Gasteiger partial charge in [0.1, 0.15) is 12.1 Å². The molecule has 0 aliphatic carbocycles. The van der Waals surface area contributed by atoms with E-state index in [1.807, 2.05) is 0 Å². The molecule has 3 nitrogen and oxygen atoms in total. The average molecular weight is 165 g/mol. The third-order valence-electron chi connectivity index (χ3n) is 1.91. The van der Waals surface area contributed by atoms with Crippen molar-refractivity contribution in [2.24, 2.45) is 0 Å². The van der Waals surface area contributed by atoms with Gasteiger partial charge in [-0.1, -0.05) is 20.8 Å². The van der Waals surface area contributed by atoms with E-state index < -0.39 is 0 Å². The number of nitrogens with two attached hydrogens (primary N) is 1. The fourth-order valence-electron chi connectivity index (χ4n) is 1.36. The molecular weight excluding hydrogens is 150 g/mol. The summed E-state index contributed by atoms with van der Waals surface area (Å²) >= 11 is 0. The molecule has 1 aromatic rings. The van der Waals surface area contributed by atoms with Crippen LogP contribution in [0, 0.1) is 0 Å². The summed E-state index contributed by atoms with van der Waals surface area (Å²) in [6.45, 7) is 6.29. The molecule has 0 aromatic carbocycles. The fourth-order valence-corrected chi connectivity index (χ4v) is 1.36. The molecule has 12 heavy (non-hydrogen) atoms. The normalized spacial score (nSPS) is 10.7. The molecule has 3 heteroatoms. The highest BCUT2D eigenvalue weighted by atomic mass is 14.9. The molecule has 1 heterocycles. The van der Waals surface area contributed by atoms with Crippen LogP contribution in [0.3, 0.4) is 0 Å². The first-order chi connectivity index (χ1) is 5.66. The Kier molecular flexibility index (Phi) is 2.63. The second kappa shape index (κ2) is 3.52. The van der Waals surface area contributed by atoms with Crippen molar-refractivity contribution in [3.63, 3.8) is 0 Å². The summed E-state index contributed by atoms with van der Waals surface area (Å²) in [5.41, 5.74) is 7.91. The smallest absolute Gasteiger partial charge is 0.130 e. The maximum absolute atomic E-state index is 5.75. The monoisotopic (exact) mass is 165 g/mol. The quantitative estimate of drug-likeness (QED) is 0.726. The van der Waals surface area contributed by atoms with Crippen molar-refractivity contribution < 1.29 is 0 Å². The minimum absolute atomic E-state index is 0.404. The summed E-state index contributed by atoms with van der Waals surface area (Å²) in [7, 11) is 0. The number of hydrogen-bond acceptors (Lipinski definition) is 3. The van der Waals surface area contributed by atoms with Gasteiger partial charge in [-0.05, 0) is 12.3 Å². The summed E-state index contributed by atoms with van der Waals surface area (Å²) in [5.74, 6) is 1.03. The van der Waals surface area contributed by atoms with E-state index >= 15 is 0 Å². The average Bonchev–Trinajstić information content (AvgIpc) is 2.03. The predicted molar refractivity (Wildman–Crippen MR) is 49.9 cm³/mol. The first-order valence-corrected chi connectivity index (χ1v) is 4.26. The Hall–Kier alpha value is -1.12. The Morgan fingerprint density at radius 3 is 2.50 bits per heavy atom. The summed E-state index contributed by atoms with van der Waals surface area (Å²) < 4.78 is 0. The van der Waals surface area contributed by atoms with Gasteiger partial charge in [-0.2, -0.15) is 0 Å². The van der Waals surface area contributed by atoms with Crippen molar-refractivity contribution in [3.05, 3.63) is 17.6 Å². The van der Waals surface area contributed by atoms with E-state index in [-0.39, 0.29) is 0 Å². The number of aryl methyl sites for hydroxylation is 1. The molecule has 0 unspecified atom stereocenters. The van der Waals surface area contributed by atoms with Gasteiger partial charge in [0.05, 0.1) is 0 Å². The highest BCUT2D eigenvalue weighted by Gasteiger charge is 2.10. The van der Waals surface area contributed by atoms with E-state index in [9.17, 15) is 0 Å². The minimum atomic E-state index is 0.404. The molecule has 0 saturated heterocycles. The number of rotatable bonds is 2. The van der Waals surface area contributed by atoms with Crippen LogP contribution < -0.4 is 5.73 Å². The summed E-state index contributed by atoms with van der Waals surface area (Å²) in [6, 6.07) is 0. The molecule has 0 bridgehead atoms. The number of anilines is 1. The Labute approximate surface area is 73.0 Å². The van der Waals surface area contributed by atoms with Gasteiger partial charge in [-0.15, -0.1) is 0 Å². The van der Waals surface area contributed by atoms with Crippen LogP contribution in [0.1, 0.15) is 37.9 Å². The third-order valence-corrected chi connectivity index (χ3v) is 1.91. The van der Waals surface area contributed by atoms with Gasteiger partial charge in [0.2, 0.25) is 0 Å². The molecule has 1 aromatic heterocycles. The molecular formula is C9H15N3. The van der Waals surface area contributed by atoms with Gasteiger partial charge in [-0.3, -0.25) is 0 Å². The molecule has 0 saturated carbocycles. The van der Waals surface area contributed by atoms with Crippen LogP contribution >= 0.6 is 0 Å². The van der Waals surface area contributed by atoms with Crippen molar-refractivity contribution in [1.82, 2.24) is 9.97 Å². The van der Waals surface area contributed by atoms with Crippen LogP contribution in [-0.2, 0) is 6.42 Å². The van der Waals surface area contributed by atoms with Crippen molar-refractivity contribution in [1.29, 1.82) is 0 Å². The van der Waals surface area contributed by atoms with Crippen LogP contribution in [-0.4, -0.2) is 9.97 Å². The van der Waals surface area contributed by atoms with Crippen molar-refractivity contribution in [2.75, 3.05) is 5.73 Å². The number of nitrogens with zero attached hydrogens (tertiary/aromatic N) is 2. The second-order valence-corrected chi connectivity index (χ2v) is 3.13. The lowest BCUT2D eigenvalue weighted by molar-refractivity contribution is 0.815. The predicted octanol–water partition coefficient (Wildman–Crippen LogP) is 1.74. The van der Waals surface area contributed by atoms with E-state index in [2.05, 4.69) is 30.7 Å². The standard InChI is InChI=1S/C9H15N3/c1-4-7-8(6(2)3)9(10)12-5-11-7/h5-6H,4H2,1-3H3,(H2,10,11,12). The van der Waals surface area contributed by atoms with E-state index in [1.54, 1.807) is 0 Å². The van der Waals surface area contributed by atoms with Crippen LogP contribution in [0.25, 0.3) is 0 Å². The number of aromatic nitrogens is 2. The van der Waals surface area contributed by atoms with Crippen LogP contribution in [0.2, 0.25) is 0 Å². The number of nitrogen functional groups attached to an aromatic ring is 1. The Morgan fingerprint density at radius 1 is 1.42 bits per heavy atom. The van der Waals surface area contributed by atoms with E-state index in [4.69, 9.17) is 5.73 Å². The maximum atomic E-state index is 5.75. The molecule has 0 aliphatic heterocycles. The lowest BCUT2D eigenvalue weighted by atomic mass is 10.0. The fraction of sp³-hybridized carbons (Fsp3) is 0.556. The molecule has 0 aliphatic rings. The van der Waals surface area contributed by atoms with Gasteiger partial charge >= 0.3 is 0 Å². The molecule has 0 fully saturated rings. The van der Waals surface area contributed by atoms with Crippen LogP contribution in [0.5, 0.6) is 0 Å². The molecule has 1 rings (SSSR count). The van der Waals surface area contributed by atoms with Crippen molar-refractivity contribution in [2.45, 2.75) is 33.1 Å². The summed E-state index contributed by atoms with van der Waals surface area (Å²) in [6.07, 6.45) is 2.44. The minimum Gasteiger partial charge on any atom is -0.383 e. The number of hydrogen-bond donors (Lipinski definition) is 1. The molecule has 0 radical (unpaired) electrons. The zero-order valence-electron chi connectivity index (χ0n) is 7.83. The first kappa shape index (κ1) is 8.97. The SMILES string of the molecule is CCc1ncnc(N)c1C(C)C. The summed E-state index contributed by atoms with van der Waals surface area (Å²) in [4.78, 5) is 8.16. The van der Waals surface area contributed by atoms with Gasteiger partial charge in [-0.25, -0.2) is 9.97 Å². The molecule has 0 spiro atoms. The van der Waals surface area contributed by atoms with Crippen molar-refractivity contribution >= 4 is 5.82 Å². The molecule has 0 atom stereocenters. The molecule has 66 valence electrons. The Morgan fingerprint density at radius 2 is 2.08 bits per heavy atom. The lowest BCUT2D eigenvalue weighted by Crippen LogP contribution is -2.05. The summed E-state index contributed by atoms with van der Waals surface area (Å²) in [5, 5.41) is 0. The van der Waals surface area contributed by atoms with Crippen LogP contribution in [0.4, 0.5) is 5.82 Å². The Bertz CT molecular complexity index is 268. The van der Waals surface area contributed by atoms with Crippen molar-refractivity contribution in [3.8, 4) is 0 Å². The van der Waals surface area contributed by atoms with Crippen LogP contribution in [0.15, 0.2) is 6.33 Å². The van der Waals surface area contributed by atoms with Gasteiger partial charge in [0.25, 0.3) is 0 Å². The highest BCUT2D eigenvalue weighted by molar-refractivity contribution is 5.43. The largest absolute Gasteiger partial charge is 0.383 e. The second-order valence-electron chi connectivity index (χ2n) is 3.13. The van der Waals surface area contributed by atoms with E-state index in [0.717, 1.165) is 17.7 Å². The van der Waals surface area contributed by atoms with E-state index in [0.29, 0.717) is 11.7 Å². The third kappa shape index (κ3) is 1.55. The molecule has 0 amide bonds. The Balaban J connectivity index is 3.20. The first-order valence-electron chi connectivity index (χ1n) is 4.26. The topological polar surface area (TPSA) is 51.8 Å². The van der Waals surface area contributed by atoms with Gasteiger partial charge in [0.15, 0.2) is 0 Å². The van der Waals surface area contributed by atoms with E-state index in [1.165, 1.54) is 6.33 Å². The maximum Gasteiger partial charge on any atom is 0.130 e. The highest BCUT2D eigenvalue weighted by Crippen LogP contribution is 2.22. The lowest BCUT2D eigenvalue weighted by Gasteiger charge is -2.11. The van der Waals surface area contributed by atoms with Gasteiger partial charge in [0, 0.05) is 11.3 Å². The molecule has 2 N–H and O–H groups in total.